The van der Waals surface area contributed by atoms with Crippen LogP contribution in [0.3, 0.4) is 0 Å². The number of nitrogens with zero attached hydrogens (tertiary/aromatic N) is 2. The summed E-state index contributed by atoms with van der Waals surface area (Å²) in [4.78, 5) is 11.5. The van der Waals surface area contributed by atoms with Crippen LogP contribution in [-0.4, -0.2) is 22.6 Å². The van der Waals surface area contributed by atoms with E-state index in [4.69, 9.17) is 0 Å². The van der Waals surface area contributed by atoms with Crippen LogP contribution in [-0.2, 0) is 10.2 Å². The summed E-state index contributed by atoms with van der Waals surface area (Å²) < 4.78 is 28.4. The predicted molar refractivity (Wildman–Crippen MR) is 98.1 cm³/mol. The van der Waals surface area contributed by atoms with Gasteiger partial charge in [0, 0.05) is 18.4 Å². The highest BCUT2D eigenvalue weighted by Gasteiger charge is 2.44. The lowest BCUT2D eigenvalue weighted by Gasteiger charge is -2.44. The third-order valence-electron chi connectivity index (χ3n) is 6.38. The Morgan fingerprint density at radius 3 is 2.59 bits per heavy atom. The monoisotopic (exact) mass is 371 g/mol. The maximum Gasteiger partial charge on any atom is 0.220 e. The molecule has 1 aliphatic heterocycles. The maximum atomic E-state index is 14.2. The summed E-state index contributed by atoms with van der Waals surface area (Å²) in [5.41, 5.74) is 1.82. The number of amides is 1. The first-order valence-electron chi connectivity index (χ1n) is 9.49. The zero-order chi connectivity index (χ0) is 19.2. The molecule has 1 aliphatic carbocycles. The summed E-state index contributed by atoms with van der Waals surface area (Å²) in [6.07, 6.45) is 3.28. The number of aromatic nitrogens is 2. The van der Waals surface area contributed by atoms with Crippen LogP contribution in [0.25, 0.3) is 11.3 Å². The Bertz CT molecular complexity index is 871. The van der Waals surface area contributed by atoms with Crippen LogP contribution in [0, 0.1) is 17.6 Å². The minimum atomic E-state index is -0.634. The van der Waals surface area contributed by atoms with Crippen molar-refractivity contribution in [1.82, 2.24) is 15.5 Å². The largest absolute Gasteiger partial charge is 0.356 e. The Hall–Kier alpha value is -2.37. The van der Waals surface area contributed by atoms with Gasteiger partial charge in [0.2, 0.25) is 5.91 Å². The molecular weight excluding hydrogens is 348 g/mol. The molecule has 0 spiro atoms. The molecule has 1 aromatic carbocycles. The van der Waals surface area contributed by atoms with Crippen molar-refractivity contribution in [2.24, 2.45) is 5.92 Å². The van der Waals surface area contributed by atoms with Crippen molar-refractivity contribution in [2.75, 3.05) is 6.54 Å². The second-order valence-electron chi connectivity index (χ2n) is 8.03. The number of benzene rings is 1. The summed E-state index contributed by atoms with van der Waals surface area (Å²) in [5.74, 6) is -0.645. The SMILES string of the molecule is C[C@H]1CC[C@](C)(C2CCC(=O)NC2)c2nnc(-c3c(F)cccc3F)cc21. The summed E-state index contributed by atoms with van der Waals surface area (Å²) in [5, 5.41) is 11.6. The first kappa shape index (κ1) is 18.0. The number of hydrogen-bond donors (Lipinski definition) is 1. The van der Waals surface area contributed by atoms with E-state index >= 15 is 0 Å². The van der Waals surface area contributed by atoms with E-state index in [9.17, 15) is 13.6 Å². The average molecular weight is 371 g/mol. The molecule has 1 aromatic heterocycles. The van der Waals surface area contributed by atoms with Gasteiger partial charge in [-0.2, -0.15) is 10.2 Å². The molecule has 0 bridgehead atoms. The lowest BCUT2D eigenvalue weighted by molar-refractivity contribution is -0.123. The second-order valence-corrected chi connectivity index (χ2v) is 8.03. The van der Waals surface area contributed by atoms with Crippen molar-refractivity contribution in [1.29, 1.82) is 0 Å². The summed E-state index contributed by atoms with van der Waals surface area (Å²) in [6.45, 7) is 4.93. The molecule has 2 aliphatic rings. The van der Waals surface area contributed by atoms with Crippen LogP contribution in [0.4, 0.5) is 8.78 Å². The van der Waals surface area contributed by atoms with Gasteiger partial charge in [-0.3, -0.25) is 4.79 Å². The van der Waals surface area contributed by atoms with Gasteiger partial charge in [-0.15, -0.1) is 0 Å². The Kier molecular flexibility index (Phi) is 4.44. The normalized spacial score (nSPS) is 27.8. The number of carbonyl (C=O) groups excluding carboxylic acids is 1. The van der Waals surface area contributed by atoms with Gasteiger partial charge in [0.05, 0.1) is 17.0 Å². The first-order chi connectivity index (χ1) is 12.9. The third-order valence-corrected chi connectivity index (χ3v) is 6.38. The minimum absolute atomic E-state index is 0.0933. The molecule has 0 radical (unpaired) electrons. The van der Waals surface area contributed by atoms with E-state index in [0.717, 1.165) is 30.5 Å². The number of fused-ring (bicyclic) bond motifs is 1. The number of hydrogen-bond acceptors (Lipinski definition) is 3. The standard InChI is InChI=1S/C21H23F2N3O/c1-12-8-9-21(2,13-6-7-18(27)24-11-13)20-14(12)10-17(25-26-20)19-15(22)4-3-5-16(19)23/h3-5,10,12-13H,6-9,11H2,1-2H3,(H,24,27)/t12-,13?,21+/m0/s1. The van der Waals surface area contributed by atoms with E-state index in [1.807, 2.05) is 0 Å². The van der Waals surface area contributed by atoms with Crippen LogP contribution < -0.4 is 5.32 Å². The smallest absolute Gasteiger partial charge is 0.220 e. The van der Waals surface area contributed by atoms with Crippen molar-refractivity contribution in [2.45, 2.75) is 50.9 Å². The van der Waals surface area contributed by atoms with Crippen LogP contribution >= 0.6 is 0 Å². The van der Waals surface area contributed by atoms with E-state index < -0.39 is 11.6 Å². The zero-order valence-electron chi connectivity index (χ0n) is 15.6. The fraction of sp³-hybridized carbons (Fsp3) is 0.476. The van der Waals surface area contributed by atoms with Gasteiger partial charge in [0.25, 0.3) is 0 Å². The zero-order valence-corrected chi connectivity index (χ0v) is 15.6. The van der Waals surface area contributed by atoms with Crippen LogP contribution in [0.2, 0.25) is 0 Å². The molecule has 4 nitrogen and oxygen atoms in total. The van der Waals surface area contributed by atoms with Crippen molar-refractivity contribution in [3.8, 4) is 11.3 Å². The first-order valence-corrected chi connectivity index (χ1v) is 9.49. The summed E-state index contributed by atoms with van der Waals surface area (Å²) in [6, 6.07) is 5.61. The van der Waals surface area contributed by atoms with Gasteiger partial charge < -0.3 is 5.32 Å². The Morgan fingerprint density at radius 1 is 1.19 bits per heavy atom. The molecule has 27 heavy (non-hydrogen) atoms. The second kappa shape index (κ2) is 6.66. The minimum Gasteiger partial charge on any atom is -0.356 e. The van der Waals surface area contributed by atoms with Gasteiger partial charge in [0.15, 0.2) is 0 Å². The van der Waals surface area contributed by atoms with Crippen molar-refractivity contribution >= 4 is 5.91 Å². The number of carbonyl (C=O) groups is 1. The Balaban J connectivity index is 1.78. The summed E-state index contributed by atoms with van der Waals surface area (Å²) >= 11 is 0. The van der Waals surface area contributed by atoms with Crippen LogP contribution in [0.1, 0.15) is 56.7 Å². The third kappa shape index (κ3) is 3.01. The van der Waals surface area contributed by atoms with Crippen molar-refractivity contribution in [3.05, 3.63) is 47.2 Å². The lowest BCUT2D eigenvalue weighted by atomic mass is 9.62. The maximum absolute atomic E-state index is 14.2. The molecule has 1 amide bonds. The molecule has 142 valence electrons. The number of nitrogens with one attached hydrogen (secondary N) is 1. The van der Waals surface area contributed by atoms with Crippen molar-refractivity contribution in [3.63, 3.8) is 0 Å². The summed E-state index contributed by atoms with van der Waals surface area (Å²) in [7, 11) is 0. The number of piperidine rings is 1. The topological polar surface area (TPSA) is 54.9 Å². The number of halogens is 2. The van der Waals surface area contributed by atoms with Gasteiger partial charge in [-0.05, 0) is 54.9 Å². The fourth-order valence-corrected chi connectivity index (χ4v) is 4.55. The quantitative estimate of drug-likeness (QED) is 0.865. The molecule has 1 N–H and O–H groups in total. The molecular formula is C21H23F2N3O. The molecule has 1 fully saturated rings. The van der Waals surface area contributed by atoms with E-state index in [0.29, 0.717) is 13.0 Å². The Morgan fingerprint density at radius 2 is 1.93 bits per heavy atom. The van der Waals surface area contributed by atoms with Crippen molar-refractivity contribution < 1.29 is 13.6 Å². The van der Waals surface area contributed by atoms with Gasteiger partial charge in [-0.1, -0.05) is 19.9 Å². The van der Waals surface area contributed by atoms with E-state index in [1.54, 1.807) is 6.07 Å². The molecule has 2 aromatic rings. The van der Waals surface area contributed by atoms with Crippen LogP contribution in [0.15, 0.2) is 24.3 Å². The molecule has 6 heteroatoms. The van der Waals surface area contributed by atoms with E-state index in [2.05, 4.69) is 29.4 Å². The number of rotatable bonds is 2. The lowest BCUT2D eigenvalue weighted by Crippen LogP contribution is -2.47. The molecule has 1 unspecified atom stereocenters. The molecule has 1 saturated heterocycles. The van der Waals surface area contributed by atoms with Gasteiger partial charge in [0.1, 0.15) is 11.6 Å². The highest BCUT2D eigenvalue weighted by molar-refractivity contribution is 5.76. The molecule has 4 rings (SSSR count). The highest BCUT2D eigenvalue weighted by atomic mass is 19.1. The van der Waals surface area contributed by atoms with Gasteiger partial charge in [-0.25, -0.2) is 8.78 Å². The predicted octanol–water partition coefficient (Wildman–Crippen LogP) is 4.10. The van der Waals surface area contributed by atoms with Gasteiger partial charge >= 0.3 is 0 Å². The van der Waals surface area contributed by atoms with E-state index in [1.165, 1.54) is 18.2 Å². The Labute approximate surface area is 157 Å². The average Bonchev–Trinajstić information content (AvgIpc) is 2.65. The highest BCUT2D eigenvalue weighted by Crippen LogP contribution is 2.48. The fourth-order valence-electron chi connectivity index (χ4n) is 4.55. The van der Waals surface area contributed by atoms with Crippen LogP contribution in [0.5, 0.6) is 0 Å². The molecule has 0 saturated carbocycles. The molecule has 2 heterocycles. The molecule has 3 atom stereocenters. The van der Waals surface area contributed by atoms with E-state index in [-0.39, 0.29) is 34.4 Å².